The molecule has 5 heteroatoms. The van der Waals surface area contributed by atoms with E-state index in [4.69, 9.17) is 15.2 Å². The van der Waals surface area contributed by atoms with Crippen LogP contribution in [0.2, 0.25) is 0 Å². The average molecular weight is 300 g/mol. The fraction of sp³-hybridized carbons (Fsp3) is 0.938. The summed E-state index contributed by atoms with van der Waals surface area (Å²) in [4.78, 5) is 14.2. The van der Waals surface area contributed by atoms with Crippen molar-refractivity contribution < 1.29 is 14.3 Å². The number of esters is 1. The fourth-order valence-electron chi connectivity index (χ4n) is 2.98. The number of nitrogens with two attached hydrogens (primary N) is 1. The molecule has 0 radical (unpaired) electrons. The summed E-state index contributed by atoms with van der Waals surface area (Å²) in [5, 5.41) is 0. The number of nitrogens with zero attached hydrogens (tertiary/aromatic N) is 1. The SMILES string of the molecule is CCOC(=O)C(C)(N)CCCCN1CC(C)OC(C)(C)C1. The van der Waals surface area contributed by atoms with Crippen LogP contribution >= 0.6 is 0 Å². The van der Waals surface area contributed by atoms with Crippen LogP contribution < -0.4 is 5.73 Å². The molecule has 1 rings (SSSR count). The van der Waals surface area contributed by atoms with Crippen LogP contribution in [0.4, 0.5) is 0 Å². The van der Waals surface area contributed by atoms with Gasteiger partial charge in [0.15, 0.2) is 0 Å². The van der Waals surface area contributed by atoms with Crippen molar-refractivity contribution in [3.8, 4) is 0 Å². The molecule has 124 valence electrons. The lowest BCUT2D eigenvalue weighted by Gasteiger charge is -2.41. The van der Waals surface area contributed by atoms with Gasteiger partial charge in [-0.05, 0) is 60.4 Å². The number of carbonyl (C=O) groups excluding carboxylic acids is 1. The van der Waals surface area contributed by atoms with Crippen LogP contribution in [0.1, 0.15) is 53.9 Å². The number of unbranched alkanes of at least 4 members (excludes halogenated alkanes) is 1. The van der Waals surface area contributed by atoms with Crippen molar-refractivity contribution in [3.63, 3.8) is 0 Å². The zero-order chi connectivity index (χ0) is 16.1. The molecule has 2 unspecified atom stereocenters. The van der Waals surface area contributed by atoms with Gasteiger partial charge in [-0.3, -0.25) is 9.69 Å². The van der Waals surface area contributed by atoms with Gasteiger partial charge in [-0.1, -0.05) is 0 Å². The Kier molecular flexibility index (Phi) is 6.63. The number of hydrogen-bond acceptors (Lipinski definition) is 5. The smallest absolute Gasteiger partial charge is 0.325 e. The molecule has 2 atom stereocenters. The predicted molar refractivity (Wildman–Crippen MR) is 84.1 cm³/mol. The number of carbonyl (C=O) groups is 1. The Balaban J connectivity index is 2.29. The Hall–Kier alpha value is -0.650. The van der Waals surface area contributed by atoms with E-state index in [2.05, 4.69) is 25.7 Å². The van der Waals surface area contributed by atoms with E-state index in [0.717, 1.165) is 32.5 Å². The van der Waals surface area contributed by atoms with Crippen molar-refractivity contribution in [2.24, 2.45) is 5.73 Å². The second kappa shape index (κ2) is 7.56. The molecule has 0 aromatic carbocycles. The van der Waals surface area contributed by atoms with E-state index in [0.29, 0.717) is 13.0 Å². The Bertz CT molecular complexity index is 342. The van der Waals surface area contributed by atoms with E-state index in [1.807, 2.05) is 0 Å². The Morgan fingerprint density at radius 2 is 2.14 bits per heavy atom. The van der Waals surface area contributed by atoms with E-state index >= 15 is 0 Å². The van der Waals surface area contributed by atoms with Gasteiger partial charge in [-0.15, -0.1) is 0 Å². The fourth-order valence-corrected chi connectivity index (χ4v) is 2.98. The van der Waals surface area contributed by atoms with Crippen molar-refractivity contribution in [2.75, 3.05) is 26.2 Å². The largest absolute Gasteiger partial charge is 0.465 e. The van der Waals surface area contributed by atoms with Crippen LogP contribution in [0.3, 0.4) is 0 Å². The summed E-state index contributed by atoms with van der Waals surface area (Å²) >= 11 is 0. The number of ether oxygens (including phenoxy) is 2. The molecule has 1 aliphatic heterocycles. The number of rotatable bonds is 7. The Morgan fingerprint density at radius 1 is 1.48 bits per heavy atom. The van der Waals surface area contributed by atoms with Gasteiger partial charge in [-0.25, -0.2) is 0 Å². The first-order valence-electron chi connectivity index (χ1n) is 8.02. The van der Waals surface area contributed by atoms with Crippen molar-refractivity contribution >= 4 is 5.97 Å². The number of morpholine rings is 1. The van der Waals surface area contributed by atoms with Crippen LogP contribution in [0.25, 0.3) is 0 Å². The van der Waals surface area contributed by atoms with Gasteiger partial charge < -0.3 is 15.2 Å². The summed E-state index contributed by atoms with van der Waals surface area (Å²) in [7, 11) is 0. The minimum Gasteiger partial charge on any atom is -0.465 e. The summed E-state index contributed by atoms with van der Waals surface area (Å²) < 4.78 is 10.9. The molecule has 2 N–H and O–H groups in total. The van der Waals surface area contributed by atoms with Crippen molar-refractivity contribution in [1.82, 2.24) is 4.90 Å². The van der Waals surface area contributed by atoms with Crippen LogP contribution in [0.5, 0.6) is 0 Å². The van der Waals surface area contributed by atoms with E-state index in [9.17, 15) is 4.79 Å². The van der Waals surface area contributed by atoms with Gasteiger partial charge in [-0.2, -0.15) is 0 Å². The highest BCUT2D eigenvalue weighted by molar-refractivity contribution is 5.79. The van der Waals surface area contributed by atoms with Crippen molar-refractivity contribution in [1.29, 1.82) is 0 Å². The molecule has 1 saturated heterocycles. The lowest BCUT2D eigenvalue weighted by Crippen LogP contribution is -2.52. The molecule has 0 amide bonds. The molecule has 1 fully saturated rings. The summed E-state index contributed by atoms with van der Waals surface area (Å²) in [6.07, 6.45) is 2.90. The maximum atomic E-state index is 11.7. The topological polar surface area (TPSA) is 64.8 Å². The minimum absolute atomic E-state index is 0.0784. The first-order chi connectivity index (χ1) is 9.66. The molecule has 0 aliphatic carbocycles. The van der Waals surface area contributed by atoms with Crippen molar-refractivity contribution in [2.45, 2.75) is 71.1 Å². The molecule has 0 aromatic heterocycles. The minimum atomic E-state index is -0.867. The first kappa shape index (κ1) is 18.4. The molecule has 0 spiro atoms. The second-order valence-corrected chi connectivity index (χ2v) is 7.02. The van der Waals surface area contributed by atoms with Crippen LogP contribution in [0.15, 0.2) is 0 Å². The Morgan fingerprint density at radius 3 is 2.71 bits per heavy atom. The highest BCUT2D eigenvalue weighted by Crippen LogP contribution is 2.21. The molecule has 0 bridgehead atoms. The van der Waals surface area contributed by atoms with Crippen molar-refractivity contribution in [3.05, 3.63) is 0 Å². The third-order valence-electron chi connectivity index (χ3n) is 3.80. The van der Waals surface area contributed by atoms with Crippen LogP contribution in [-0.2, 0) is 14.3 Å². The molecule has 5 nitrogen and oxygen atoms in total. The lowest BCUT2D eigenvalue weighted by molar-refractivity contribution is -0.149. The predicted octanol–water partition coefficient (Wildman–Crippen LogP) is 1.94. The molecule has 21 heavy (non-hydrogen) atoms. The monoisotopic (exact) mass is 300 g/mol. The molecular formula is C16H32N2O3. The third-order valence-corrected chi connectivity index (χ3v) is 3.80. The highest BCUT2D eigenvalue weighted by Gasteiger charge is 2.32. The summed E-state index contributed by atoms with van der Waals surface area (Å²) in [6, 6.07) is 0. The summed E-state index contributed by atoms with van der Waals surface area (Å²) in [6.45, 7) is 13.3. The maximum absolute atomic E-state index is 11.7. The number of hydrogen-bond donors (Lipinski definition) is 1. The normalized spacial score (nSPS) is 25.3. The van der Waals surface area contributed by atoms with E-state index in [1.165, 1.54) is 0 Å². The van der Waals surface area contributed by atoms with Crippen LogP contribution in [-0.4, -0.2) is 54.4 Å². The molecule has 1 aliphatic rings. The molecular weight excluding hydrogens is 268 g/mol. The van der Waals surface area contributed by atoms with Gasteiger partial charge in [0, 0.05) is 13.1 Å². The van der Waals surface area contributed by atoms with E-state index in [1.54, 1.807) is 13.8 Å². The zero-order valence-electron chi connectivity index (χ0n) is 14.3. The lowest BCUT2D eigenvalue weighted by atomic mass is 9.96. The van der Waals surface area contributed by atoms with Gasteiger partial charge in [0.2, 0.25) is 0 Å². The highest BCUT2D eigenvalue weighted by atomic mass is 16.5. The van der Waals surface area contributed by atoms with Crippen LogP contribution in [0, 0.1) is 0 Å². The Labute approximate surface area is 129 Å². The van der Waals surface area contributed by atoms with Gasteiger partial charge in [0.1, 0.15) is 5.54 Å². The third kappa shape index (κ3) is 6.32. The first-order valence-corrected chi connectivity index (χ1v) is 8.02. The van der Waals surface area contributed by atoms with E-state index < -0.39 is 5.54 Å². The average Bonchev–Trinajstić information content (AvgIpc) is 2.32. The van der Waals surface area contributed by atoms with E-state index in [-0.39, 0.29) is 17.7 Å². The second-order valence-electron chi connectivity index (χ2n) is 7.02. The quantitative estimate of drug-likeness (QED) is 0.575. The summed E-state index contributed by atoms with van der Waals surface area (Å²) in [5.41, 5.74) is 5.08. The van der Waals surface area contributed by atoms with Gasteiger partial charge in [0.25, 0.3) is 0 Å². The zero-order valence-corrected chi connectivity index (χ0v) is 14.3. The molecule has 0 saturated carbocycles. The van der Waals surface area contributed by atoms with Gasteiger partial charge >= 0.3 is 5.97 Å². The molecule has 0 aromatic rings. The summed E-state index contributed by atoms with van der Waals surface area (Å²) in [5.74, 6) is -0.300. The van der Waals surface area contributed by atoms with Gasteiger partial charge in [0.05, 0.1) is 18.3 Å². The standard InChI is InChI=1S/C16H32N2O3/c1-6-20-14(19)16(5,17)9-7-8-10-18-11-13(2)21-15(3,4)12-18/h13H,6-12,17H2,1-5H3. The maximum Gasteiger partial charge on any atom is 0.325 e. The molecule has 1 heterocycles.